The lowest BCUT2D eigenvalue weighted by Crippen LogP contribution is -2.42. The molecular weight excluding hydrogens is 368 g/mol. The summed E-state index contributed by atoms with van der Waals surface area (Å²) in [5.74, 6) is -1.03. The van der Waals surface area contributed by atoms with Crippen LogP contribution >= 0.6 is 0 Å². The topological polar surface area (TPSA) is 21.1 Å². The third kappa shape index (κ3) is 3.54. The van der Waals surface area contributed by atoms with Crippen molar-refractivity contribution in [2.75, 3.05) is 0 Å². The van der Waals surface area contributed by atoms with Crippen LogP contribution in [-0.4, -0.2) is 20.5 Å². The van der Waals surface area contributed by atoms with Crippen LogP contribution in [-0.2, 0) is 26.1 Å². The van der Waals surface area contributed by atoms with Crippen molar-refractivity contribution in [3.63, 3.8) is 0 Å². The van der Waals surface area contributed by atoms with Crippen molar-refractivity contribution in [2.24, 2.45) is 0 Å². The molecule has 0 radical (unpaired) electrons. The highest BCUT2D eigenvalue weighted by Crippen LogP contribution is 2.27. The highest BCUT2D eigenvalue weighted by atomic mass is 19.1. The molecule has 3 nitrogen and oxygen atoms in total. The van der Waals surface area contributed by atoms with Gasteiger partial charge in [-0.2, -0.15) is 0 Å². The molecule has 4 aromatic rings. The maximum atomic E-state index is 14.3. The van der Waals surface area contributed by atoms with Crippen LogP contribution in [0, 0.1) is 11.6 Å². The fraction of sp³-hybridized carbons (Fsp3) is 0.208. The van der Waals surface area contributed by atoms with E-state index in [4.69, 9.17) is 0 Å². The number of nitrogens with zero attached hydrogens (tertiary/aromatic N) is 3. The molecule has 1 atom stereocenters. The maximum absolute atomic E-state index is 14.3. The molecule has 5 rings (SSSR count). The number of rotatable bonds is 4. The first-order valence-electron chi connectivity index (χ1n) is 9.82. The van der Waals surface area contributed by atoms with Crippen LogP contribution in [0.4, 0.5) is 8.78 Å². The molecule has 3 aromatic carbocycles. The summed E-state index contributed by atoms with van der Waals surface area (Å²) < 4.78 is 29.8. The molecule has 0 amide bonds. The van der Waals surface area contributed by atoms with Crippen LogP contribution in [0.5, 0.6) is 0 Å². The molecule has 0 N–H and O–H groups in total. The molecule has 0 spiro atoms. The second-order valence-corrected chi connectivity index (χ2v) is 7.65. The Labute approximate surface area is 168 Å². The zero-order valence-electron chi connectivity index (χ0n) is 15.9. The van der Waals surface area contributed by atoms with E-state index in [9.17, 15) is 8.78 Å². The summed E-state index contributed by atoms with van der Waals surface area (Å²) in [5, 5.41) is 0. The monoisotopic (exact) mass is 389 g/mol. The van der Waals surface area contributed by atoms with Gasteiger partial charge in [-0.3, -0.25) is 4.90 Å². The third-order valence-electron chi connectivity index (χ3n) is 5.79. The van der Waals surface area contributed by atoms with Crippen molar-refractivity contribution < 1.29 is 8.78 Å². The lowest BCUT2D eigenvalue weighted by molar-refractivity contribution is 0.145. The first-order valence-corrected chi connectivity index (χ1v) is 9.82. The van der Waals surface area contributed by atoms with E-state index in [-0.39, 0.29) is 6.04 Å². The average Bonchev–Trinajstić information content (AvgIpc) is 3.13. The smallest absolute Gasteiger partial charge is 0.130 e. The molecule has 0 bridgehead atoms. The fourth-order valence-corrected chi connectivity index (χ4v) is 4.26. The summed E-state index contributed by atoms with van der Waals surface area (Å²) in [5.41, 5.74) is 5.19. The Kier molecular flexibility index (Phi) is 4.60. The molecule has 1 aromatic heterocycles. The fourth-order valence-electron chi connectivity index (χ4n) is 4.26. The number of aromatic nitrogens is 2. The summed E-state index contributed by atoms with van der Waals surface area (Å²) in [6, 6.07) is 20.5. The summed E-state index contributed by atoms with van der Waals surface area (Å²) in [4.78, 5) is 6.79. The van der Waals surface area contributed by atoms with Crippen LogP contribution in [0.15, 0.2) is 73.1 Å². The molecule has 0 saturated carbocycles. The Bertz CT molecular complexity index is 1170. The summed E-state index contributed by atoms with van der Waals surface area (Å²) >= 11 is 0. The van der Waals surface area contributed by atoms with E-state index in [1.165, 1.54) is 17.2 Å². The minimum Gasteiger partial charge on any atom is -0.329 e. The molecule has 0 saturated heterocycles. The van der Waals surface area contributed by atoms with Gasteiger partial charge in [0.05, 0.1) is 17.4 Å². The van der Waals surface area contributed by atoms with Crippen LogP contribution in [0.2, 0.25) is 0 Å². The van der Waals surface area contributed by atoms with Gasteiger partial charge in [-0.25, -0.2) is 13.8 Å². The zero-order valence-corrected chi connectivity index (χ0v) is 15.9. The van der Waals surface area contributed by atoms with Gasteiger partial charge in [-0.15, -0.1) is 0 Å². The van der Waals surface area contributed by atoms with E-state index in [1.54, 1.807) is 6.07 Å². The largest absolute Gasteiger partial charge is 0.329 e. The summed E-state index contributed by atoms with van der Waals surface area (Å²) in [7, 11) is 0. The van der Waals surface area contributed by atoms with Gasteiger partial charge in [0, 0.05) is 37.3 Å². The molecule has 5 heteroatoms. The number of hydrogen-bond acceptors (Lipinski definition) is 2. The van der Waals surface area contributed by atoms with Crippen LogP contribution < -0.4 is 0 Å². The predicted octanol–water partition coefficient (Wildman–Crippen LogP) is 4.94. The van der Waals surface area contributed by atoms with Gasteiger partial charge < -0.3 is 4.57 Å². The highest BCUT2D eigenvalue weighted by Gasteiger charge is 2.27. The number of halogens is 2. The second kappa shape index (κ2) is 7.41. The minimum absolute atomic E-state index is 0.187. The quantitative estimate of drug-likeness (QED) is 0.493. The van der Waals surface area contributed by atoms with E-state index in [2.05, 4.69) is 38.7 Å². The van der Waals surface area contributed by atoms with Crippen molar-refractivity contribution in [3.05, 3.63) is 101 Å². The number of imidazole rings is 1. The highest BCUT2D eigenvalue weighted by molar-refractivity contribution is 5.74. The number of hydrogen-bond donors (Lipinski definition) is 0. The number of benzene rings is 3. The molecule has 2 heterocycles. The maximum Gasteiger partial charge on any atom is 0.130 e. The van der Waals surface area contributed by atoms with Crippen LogP contribution in [0.3, 0.4) is 0 Å². The molecule has 1 aliphatic heterocycles. The van der Waals surface area contributed by atoms with Gasteiger partial charge in [-0.05, 0) is 35.7 Å². The van der Waals surface area contributed by atoms with Crippen LogP contribution in [0.1, 0.15) is 16.7 Å². The van der Waals surface area contributed by atoms with E-state index in [0.29, 0.717) is 12.1 Å². The van der Waals surface area contributed by atoms with Gasteiger partial charge in [-0.1, -0.05) is 42.5 Å². The number of fused-ring (bicyclic) bond motifs is 2. The lowest BCUT2D eigenvalue weighted by Gasteiger charge is -2.37. The second-order valence-electron chi connectivity index (χ2n) is 7.65. The van der Waals surface area contributed by atoms with Crippen molar-refractivity contribution >= 4 is 11.0 Å². The van der Waals surface area contributed by atoms with Crippen molar-refractivity contribution in [1.29, 1.82) is 0 Å². The minimum atomic E-state index is -0.545. The van der Waals surface area contributed by atoms with E-state index < -0.39 is 11.6 Å². The van der Waals surface area contributed by atoms with Gasteiger partial charge in [0.25, 0.3) is 0 Å². The predicted molar refractivity (Wildman–Crippen MR) is 109 cm³/mol. The third-order valence-corrected chi connectivity index (χ3v) is 5.79. The Balaban J connectivity index is 1.48. The van der Waals surface area contributed by atoms with Gasteiger partial charge in [0.1, 0.15) is 11.6 Å². The first kappa shape index (κ1) is 18.0. The van der Waals surface area contributed by atoms with Gasteiger partial charge in [0.2, 0.25) is 0 Å². The lowest BCUT2D eigenvalue weighted by atomic mass is 9.93. The SMILES string of the molecule is Fc1ccc(CN2Cc3ccccc3CC2Cn2cnc3ccccc32)c(F)c1. The normalized spacial score (nSPS) is 16.8. The molecule has 1 unspecified atom stereocenters. The van der Waals surface area contributed by atoms with Crippen molar-refractivity contribution in [2.45, 2.75) is 32.1 Å². The summed E-state index contributed by atoms with van der Waals surface area (Å²) in [6.07, 6.45) is 2.76. The van der Waals surface area contributed by atoms with E-state index in [1.807, 2.05) is 30.6 Å². The molecule has 29 heavy (non-hydrogen) atoms. The van der Waals surface area contributed by atoms with Crippen molar-refractivity contribution in [1.82, 2.24) is 14.5 Å². The van der Waals surface area contributed by atoms with E-state index >= 15 is 0 Å². The van der Waals surface area contributed by atoms with Crippen molar-refractivity contribution in [3.8, 4) is 0 Å². The molecule has 0 aliphatic carbocycles. The zero-order chi connectivity index (χ0) is 19.8. The summed E-state index contributed by atoms with van der Waals surface area (Å²) in [6.45, 7) is 1.94. The van der Waals surface area contributed by atoms with Gasteiger partial charge >= 0.3 is 0 Å². The Morgan fingerprint density at radius 1 is 0.931 bits per heavy atom. The van der Waals surface area contributed by atoms with Gasteiger partial charge in [0.15, 0.2) is 0 Å². The Hall–Kier alpha value is -3.05. The molecule has 146 valence electrons. The van der Waals surface area contributed by atoms with Crippen LogP contribution in [0.25, 0.3) is 11.0 Å². The Morgan fingerprint density at radius 3 is 2.59 bits per heavy atom. The first-order chi connectivity index (χ1) is 14.2. The van der Waals surface area contributed by atoms with E-state index in [0.717, 1.165) is 36.6 Å². The molecule has 1 aliphatic rings. The molecular formula is C24H21F2N3. The Morgan fingerprint density at radius 2 is 1.72 bits per heavy atom. The molecule has 0 fully saturated rings. The standard InChI is InChI=1S/C24H21F2N3/c25-20-10-9-19(22(26)12-20)14-28-13-18-6-2-1-5-17(18)11-21(28)15-29-16-27-23-7-3-4-8-24(23)29/h1-10,12,16,21H,11,13-15H2. The number of para-hydroxylation sites is 2. The average molecular weight is 389 g/mol.